The van der Waals surface area contributed by atoms with Crippen molar-refractivity contribution in [1.29, 1.82) is 0 Å². The van der Waals surface area contributed by atoms with E-state index < -0.39 is 23.6 Å². The summed E-state index contributed by atoms with van der Waals surface area (Å²) in [7, 11) is 0. The Bertz CT molecular complexity index is 833. The molecular formula is C19H17F3N2O3. The molecule has 2 aromatic carbocycles. The maximum Gasteiger partial charge on any atom is 0.416 e. The molecule has 2 amide bonds. The number of carbonyl (C=O) groups excluding carboxylic acids is 2. The van der Waals surface area contributed by atoms with E-state index in [1.807, 2.05) is 0 Å². The van der Waals surface area contributed by atoms with Gasteiger partial charge in [0.15, 0.2) is 0 Å². The number of ether oxygens (including phenoxy) is 1. The van der Waals surface area contributed by atoms with Crippen molar-refractivity contribution in [2.75, 3.05) is 11.4 Å². The number of amides is 2. The van der Waals surface area contributed by atoms with E-state index in [9.17, 15) is 22.8 Å². The van der Waals surface area contributed by atoms with Crippen LogP contribution >= 0.6 is 0 Å². The molecule has 1 saturated heterocycles. The number of halogens is 3. The van der Waals surface area contributed by atoms with E-state index in [0.29, 0.717) is 30.0 Å². The lowest BCUT2D eigenvalue weighted by atomic mass is 10.1. The molecule has 5 nitrogen and oxygen atoms in total. The van der Waals surface area contributed by atoms with Crippen molar-refractivity contribution in [2.45, 2.75) is 19.2 Å². The Morgan fingerprint density at radius 2 is 1.74 bits per heavy atom. The van der Waals surface area contributed by atoms with E-state index in [2.05, 4.69) is 0 Å². The summed E-state index contributed by atoms with van der Waals surface area (Å²) in [6, 6.07) is 11.4. The second kappa shape index (κ2) is 7.30. The molecule has 2 aromatic rings. The van der Waals surface area contributed by atoms with E-state index in [1.165, 1.54) is 17.0 Å². The van der Waals surface area contributed by atoms with Crippen LogP contribution in [-0.2, 0) is 22.4 Å². The van der Waals surface area contributed by atoms with Gasteiger partial charge in [0.05, 0.1) is 5.56 Å². The molecule has 3 rings (SSSR count). The number of anilines is 1. The van der Waals surface area contributed by atoms with Gasteiger partial charge in [-0.1, -0.05) is 12.1 Å². The molecule has 1 aliphatic heterocycles. The third-order valence-electron chi connectivity index (χ3n) is 4.38. The summed E-state index contributed by atoms with van der Waals surface area (Å²) in [5.41, 5.74) is 5.74. The van der Waals surface area contributed by atoms with Crippen LogP contribution in [0.15, 0.2) is 48.5 Å². The molecule has 1 atom stereocenters. The van der Waals surface area contributed by atoms with Crippen LogP contribution in [-0.4, -0.2) is 18.4 Å². The fraction of sp³-hybridized carbons (Fsp3) is 0.263. The minimum Gasteiger partial charge on any atom is -0.489 e. The van der Waals surface area contributed by atoms with E-state index in [1.54, 1.807) is 24.3 Å². The van der Waals surface area contributed by atoms with Gasteiger partial charge in [-0.25, -0.2) is 0 Å². The monoisotopic (exact) mass is 378 g/mol. The molecule has 0 radical (unpaired) electrons. The number of nitrogens with two attached hydrogens (primary N) is 1. The first-order valence-electron chi connectivity index (χ1n) is 8.25. The number of hydrogen-bond acceptors (Lipinski definition) is 3. The third kappa shape index (κ3) is 4.21. The maximum atomic E-state index is 12.5. The molecule has 0 spiro atoms. The molecule has 142 valence electrons. The summed E-state index contributed by atoms with van der Waals surface area (Å²) < 4.78 is 43.2. The topological polar surface area (TPSA) is 72.6 Å². The Balaban J connectivity index is 1.60. The van der Waals surface area contributed by atoms with Crippen molar-refractivity contribution < 1.29 is 27.5 Å². The Morgan fingerprint density at radius 3 is 2.26 bits per heavy atom. The number of nitrogens with zero attached hydrogens (tertiary/aromatic N) is 1. The summed E-state index contributed by atoms with van der Waals surface area (Å²) in [5.74, 6) is -1.22. The van der Waals surface area contributed by atoms with Crippen LogP contribution in [0.1, 0.15) is 17.5 Å². The van der Waals surface area contributed by atoms with Crippen molar-refractivity contribution in [3.8, 4) is 5.75 Å². The number of primary amides is 1. The van der Waals surface area contributed by atoms with Crippen LogP contribution in [0, 0.1) is 5.92 Å². The molecule has 0 bridgehead atoms. The molecule has 1 fully saturated rings. The second-order valence-electron chi connectivity index (χ2n) is 6.21. The highest BCUT2D eigenvalue weighted by atomic mass is 19.4. The van der Waals surface area contributed by atoms with Crippen molar-refractivity contribution >= 4 is 17.5 Å². The van der Waals surface area contributed by atoms with Crippen molar-refractivity contribution in [1.82, 2.24) is 0 Å². The normalized spacial score (nSPS) is 17.2. The predicted molar refractivity (Wildman–Crippen MR) is 91.9 cm³/mol. The zero-order valence-electron chi connectivity index (χ0n) is 14.2. The zero-order chi connectivity index (χ0) is 19.6. The second-order valence-corrected chi connectivity index (χ2v) is 6.21. The fourth-order valence-electron chi connectivity index (χ4n) is 2.88. The van der Waals surface area contributed by atoms with Gasteiger partial charge >= 0.3 is 6.18 Å². The van der Waals surface area contributed by atoms with Gasteiger partial charge in [0.1, 0.15) is 18.3 Å². The van der Waals surface area contributed by atoms with Crippen LogP contribution in [0.5, 0.6) is 5.75 Å². The van der Waals surface area contributed by atoms with E-state index in [4.69, 9.17) is 10.5 Å². The van der Waals surface area contributed by atoms with Crippen molar-refractivity contribution in [3.63, 3.8) is 0 Å². The van der Waals surface area contributed by atoms with Gasteiger partial charge in [-0.05, 0) is 48.4 Å². The lowest BCUT2D eigenvalue weighted by Gasteiger charge is -2.17. The van der Waals surface area contributed by atoms with Crippen LogP contribution in [0.25, 0.3) is 0 Å². The van der Waals surface area contributed by atoms with Gasteiger partial charge in [0.25, 0.3) is 0 Å². The number of alkyl halides is 3. The third-order valence-corrected chi connectivity index (χ3v) is 4.38. The van der Waals surface area contributed by atoms with Crippen molar-refractivity contribution in [2.24, 2.45) is 11.7 Å². The minimum absolute atomic E-state index is 0.115. The maximum absolute atomic E-state index is 12.5. The molecule has 2 N–H and O–H groups in total. The lowest BCUT2D eigenvalue weighted by Crippen LogP contribution is -2.33. The Morgan fingerprint density at radius 1 is 1.11 bits per heavy atom. The van der Waals surface area contributed by atoms with Gasteiger partial charge in [-0.2, -0.15) is 13.2 Å². The smallest absolute Gasteiger partial charge is 0.416 e. The molecule has 27 heavy (non-hydrogen) atoms. The first kappa shape index (κ1) is 18.8. The number of carbonyl (C=O) groups is 2. The Kier molecular flexibility index (Phi) is 5.07. The first-order chi connectivity index (χ1) is 12.8. The lowest BCUT2D eigenvalue weighted by molar-refractivity contribution is -0.137. The van der Waals surface area contributed by atoms with Gasteiger partial charge < -0.3 is 15.4 Å². The Labute approximate surface area is 153 Å². The summed E-state index contributed by atoms with van der Waals surface area (Å²) >= 11 is 0. The molecule has 0 aromatic heterocycles. The molecule has 0 aliphatic carbocycles. The standard InChI is InChI=1S/C19H17F3N2O3/c20-19(21,22)13-3-1-12(2-4-13)11-27-15-7-5-14(6-8-15)24-10-9-16(17(23)25)18(24)26/h1-8,16H,9-11H2,(H2,23,25)/t16-/m0/s1. The highest BCUT2D eigenvalue weighted by Crippen LogP contribution is 2.30. The summed E-state index contributed by atoms with van der Waals surface area (Å²) in [6.07, 6.45) is -3.98. The number of benzene rings is 2. The molecular weight excluding hydrogens is 361 g/mol. The van der Waals surface area contributed by atoms with Gasteiger partial charge in [-0.15, -0.1) is 0 Å². The SMILES string of the molecule is NC(=O)[C@@H]1CCN(c2ccc(OCc3ccc(C(F)(F)F)cc3)cc2)C1=O. The van der Waals surface area contributed by atoms with Crippen LogP contribution in [0.4, 0.5) is 18.9 Å². The van der Waals surface area contributed by atoms with Gasteiger partial charge in [0, 0.05) is 12.2 Å². The van der Waals surface area contributed by atoms with Gasteiger partial charge in [0.2, 0.25) is 11.8 Å². The van der Waals surface area contributed by atoms with Crippen LogP contribution in [0.3, 0.4) is 0 Å². The summed E-state index contributed by atoms with van der Waals surface area (Å²) in [6.45, 7) is 0.530. The highest BCUT2D eigenvalue weighted by molar-refractivity contribution is 6.09. The molecule has 1 aliphatic rings. The number of hydrogen-bond donors (Lipinski definition) is 1. The van der Waals surface area contributed by atoms with E-state index in [0.717, 1.165) is 12.1 Å². The van der Waals surface area contributed by atoms with Crippen LogP contribution < -0.4 is 15.4 Å². The van der Waals surface area contributed by atoms with E-state index in [-0.39, 0.29) is 12.5 Å². The number of rotatable bonds is 5. The quantitative estimate of drug-likeness (QED) is 0.813. The highest BCUT2D eigenvalue weighted by Gasteiger charge is 2.36. The predicted octanol–water partition coefficient (Wildman–Crippen LogP) is 3.12. The van der Waals surface area contributed by atoms with Crippen molar-refractivity contribution in [3.05, 3.63) is 59.7 Å². The van der Waals surface area contributed by atoms with Crippen LogP contribution in [0.2, 0.25) is 0 Å². The minimum atomic E-state index is -4.37. The first-order valence-corrected chi connectivity index (χ1v) is 8.25. The largest absolute Gasteiger partial charge is 0.489 e. The summed E-state index contributed by atoms with van der Waals surface area (Å²) in [4.78, 5) is 24.9. The van der Waals surface area contributed by atoms with E-state index >= 15 is 0 Å². The average molecular weight is 378 g/mol. The fourth-order valence-corrected chi connectivity index (χ4v) is 2.88. The zero-order valence-corrected chi connectivity index (χ0v) is 14.2. The molecule has 1 heterocycles. The van der Waals surface area contributed by atoms with Gasteiger partial charge in [-0.3, -0.25) is 9.59 Å². The average Bonchev–Trinajstić information content (AvgIpc) is 3.02. The molecule has 0 unspecified atom stereocenters. The Hall–Kier alpha value is -3.03. The molecule has 8 heteroatoms. The molecule has 0 saturated carbocycles. The summed E-state index contributed by atoms with van der Waals surface area (Å²) in [5, 5.41) is 0.